The highest BCUT2D eigenvalue weighted by molar-refractivity contribution is 14.1. The van der Waals surface area contributed by atoms with Crippen LogP contribution in [0.3, 0.4) is 0 Å². The number of ketones is 2. The molecule has 132 valence electrons. The third kappa shape index (κ3) is 7.38. The Morgan fingerprint density at radius 2 is 1.48 bits per heavy atom. The molecule has 1 aliphatic carbocycles. The number of ether oxygens (including phenoxy) is 1. The minimum atomic E-state index is -0.0770. The third-order valence-corrected chi connectivity index (χ3v) is 4.53. The lowest BCUT2D eigenvalue weighted by Crippen LogP contribution is -2.28. The fourth-order valence-electron chi connectivity index (χ4n) is 2.75. The molecule has 0 spiro atoms. The zero-order chi connectivity index (χ0) is 18.3. The molecule has 2 aromatic carbocycles. The number of benzene rings is 2. The summed E-state index contributed by atoms with van der Waals surface area (Å²) in [5, 5.41) is 0. The molecular weight excluding hydrogens is 427 g/mol. The molecule has 0 radical (unpaired) electrons. The first kappa shape index (κ1) is 19.6. The second-order valence-corrected chi connectivity index (χ2v) is 8.25. The highest BCUT2D eigenvalue weighted by Gasteiger charge is 2.31. The van der Waals surface area contributed by atoms with E-state index in [1.165, 1.54) is 9.13 Å². The summed E-state index contributed by atoms with van der Waals surface area (Å²) in [5.41, 5.74) is 1.11. The van der Waals surface area contributed by atoms with Gasteiger partial charge in [-0.2, -0.15) is 0 Å². The van der Waals surface area contributed by atoms with Crippen LogP contribution in [0.4, 0.5) is 0 Å². The Bertz CT molecular complexity index is 688. The number of Topliss-reactive ketones (excluding diaryl/α,β-unsaturated/α-hetero) is 2. The standard InChI is InChI=1S/C13H11IO.C8H12O2/c14-12-6-8-13(9-7-12)15-10-11-4-2-1-3-5-11;1-8(2)4-6(9)3-7(10)5-8/h1-9H,10H2;3-5H2,1-2H3. The van der Waals surface area contributed by atoms with E-state index in [9.17, 15) is 9.59 Å². The average Bonchev–Trinajstić information content (AvgIpc) is 2.53. The van der Waals surface area contributed by atoms with Crippen molar-refractivity contribution in [2.75, 3.05) is 0 Å². The van der Waals surface area contributed by atoms with Gasteiger partial charge in [-0.05, 0) is 57.8 Å². The van der Waals surface area contributed by atoms with Crippen molar-refractivity contribution in [3.63, 3.8) is 0 Å². The van der Waals surface area contributed by atoms with Crippen LogP contribution >= 0.6 is 22.6 Å². The van der Waals surface area contributed by atoms with Gasteiger partial charge in [-0.25, -0.2) is 0 Å². The highest BCUT2D eigenvalue weighted by atomic mass is 127. The van der Waals surface area contributed by atoms with Gasteiger partial charge in [0, 0.05) is 16.4 Å². The van der Waals surface area contributed by atoms with E-state index in [0.29, 0.717) is 19.4 Å². The molecule has 0 aliphatic heterocycles. The van der Waals surface area contributed by atoms with Crippen LogP contribution in [0.5, 0.6) is 5.75 Å². The Labute approximate surface area is 162 Å². The molecule has 25 heavy (non-hydrogen) atoms. The molecule has 4 heteroatoms. The molecule has 0 unspecified atom stereocenters. The minimum absolute atomic E-state index is 0.0770. The summed E-state index contributed by atoms with van der Waals surface area (Å²) in [7, 11) is 0. The molecule has 0 N–H and O–H groups in total. The van der Waals surface area contributed by atoms with Crippen molar-refractivity contribution >= 4 is 34.2 Å². The summed E-state index contributed by atoms with van der Waals surface area (Å²) < 4.78 is 6.87. The minimum Gasteiger partial charge on any atom is -0.489 e. The Hall–Kier alpha value is -1.69. The maximum atomic E-state index is 10.9. The number of hydrogen-bond acceptors (Lipinski definition) is 3. The van der Waals surface area contributed by atoms with E-state index >= 15 is 0 Å². The third-order valence-electron chi connectivity index (χ3n) is 3.81. The fourth-order valence-corrected chi connectivity index (χ4v) is 3.11. The smallest absolute Gasteiger partial charge is 0.140 e. The molecular formula is C21H23IO3. The maximum Gasteiger partial charge on any atom is 0.140 e. The van der Waals surface area contributed by atoms with E-state index in [1.807, 2.05) is 56.3 Å². The van der Waals surface area contributed by atoms with Gasteiger partial charge in [0.25, 0.3) is 0 Å². The summed E-state index contributed by atoms with van der Waals surface area (Å²) >= 11 is 2.28. The first-order chi connectivity index (χ1) is 11.8. The van der Waals surface area contributed by atoms with Crippen molar-refractivity contribution in [1.29, 1.82) is 0 Å². The average molecular weight is 450 g/mol. The van der Waals surface area contributed by atoms with Crippen molar-refractivity contribution in [3.05, 3.63) is 63.7 Å². The number of halogens is 1. The molecule has 1 fully saturated rings. The lowest BCUT2D eigenvalue weighted by Gasteiger charge is -2.26. The molecule has 2 aromatic rings. The van der Waals surface area contributed by atoms with Crippen LogP contribution in [0.15, 0.2) is 54.6 Å². The summed E-state index contributed by atoms with van der Waals surface area (Å²) in [6.07, 6.45) is 1.31. The lowest BCUT2D eigenvalue weighted by atomic mass is 9.76. The molecule has 0 heterocycles. The van der Waals surface area contributed by atoms with E-state index in [4.69, 9.17) is 4.74 Å². The second-order valence-electron chi connectivity index (χ2n) is 7.00. The monoisotopic (exact) mass is 450 g/mol. The summed E-state index contributed by atoms with van der Waals surface area (Å²) in [5.74, 6) is 1.11. The predicted molar refractivity (Wildman–Crippen MR) is 108 cm³/mol. The van der Waals surface area contributed by atoms with Crippen LogP contribution < -0.4 is 4.74 Å². The first-order valence-corrected chi connectivity index (χ1v) is 9.38. The van der Waals surface area contributed by atoms with Gasteiger partial charge < -0.3 is 4.74 Å². The number of hydrogen-bond donors (Lipinski definition) is 0. The summed E-state index contributed by atoms with van der Waals surface area (Å²) in [6.45, 7) is 4.55. The van der Waals surface area contributed by atoms with E-state index < -0.39 is 0 Å². The molecule has 0 saturated heterocycles. The van der Waals surface area contributed by atoms with Crippen LogP contribution in [0.1, 0.15) is 38.7 Å². The van der Waals surface area contributed by atoms with Crippen LogP contribution in [-0.2, 0) is 16.2 Å². The molecule has 0 aromatic heterocycles. The molecule has 0 amide bonds. The van der Waals surface area contributed by atoms with Crippen LogP contribution in [0.25, 0.3) is 0 Å². The van der Waals surface area contributed by atoms with Gasteiger partial charge in [-0.1, -0.05) is 44.2 Å². The van der Waals surface area contributed by atoms with Crippen molar-refractivity contribution in [2.45, 2.75) is 39.7 Å². The van der Waals surface area contributed by atoms with Gasteiger partial charge in [0.05, 0.1) is 6.42 Å². The van der Waals surface area contributed by atoms with Crippen molar-refractivity contribution in [2.24, 2.45) is 5.41 Å². The van der Waals surface area contributed by atoms with E-state index in [-0.39, 0.29) is 23.4 Å². The summed E-state index contributed by atoms with van der Waals surface area (Å²) in [6, 6.07) is 18.2. The number of rotatable bonds is 3. The number of carbonyl (C=O) groups excluding carboxylic acids is 2. The van der Waals surface area contributed by atoms with Crippen LogP contribution in [-0.4, -0.2) is 11.6 Å². The molecule has 1 saturated carbocycles. The molecule has 0 bridgehead atoms. The quantitative estimate of drug-likeness (QED) is 0.477. The second kappa shape index (κ2) is 9.13. The van der Waals surface area contributed by atoms with Crippen molar-refractivity contribution in [3.8, 4) is 5.75 Å². The van der Waals surface area contributed by atoms with Gasteiger partial charge in [-0.15, -0.1) is 0 Å². The zero-order valence-corrected chi connectivity index (χ0v) is 16.8. The van der Waals surface area contributed by atoms with E-state index in [1.54, 1.807) is 0 Å². The SMILES string of the molecule is CC1(C)CC(=O)CC(=O)C1.Ic1ccc(OCc2ccccc2)cc1. The Morgan fingerprint density at radius 1 is 0.920 bits per heavy atom. The van der Waals surface area contributed by atoms with Gasteiger partial charge in [0.15, 0.2) is 0 Å². The van der Waals surface area contributed by atoms with Gasteiger partial charge in [0.1, 0.15) is 23.9 Å². The topological polar surface area (TPSA) is 43.4 Å². The van der Waals surface area contributed by atoms with Crippen molar-refractivity contribution < 1.29 is 14.3 Å². The lowest BCUT2D eigenvalue weighted by molar-refractivity contribution is -0.133. The van der Waals surface area contributed by atoms with Gasteiger partial charge in [0.2, 0.25) is 0 Å². The van der Waals surface area contributed by atoms with E-state index in [2.05, 4.69) is 34.7 Å². The molecule has 0 atom stereocenters. The fraction of sp³-hybridized carbons (Fsp3) is 0.333. The van der Waals surface area contributed by atoms with Crippen molar-refractivity contribution in [1.82, 2.24) is 0 Å². The van der Waals surface area contributed by atoms with Gasteiger partial charge in [-0.3, -0.25) is 9.59 Å². The molecule has 3 nitrogen and oxygen atoms in total. The Morgan fingerprint density at radius 3 is 2.00 bits per heavy atom. The number of carbonyl (C=O) groups is 2. The predicted octanol–water partition coefficient (Wildman–Crippen LogP) is 5.20. The highest BCUT2D eigenvalue weighted by Crippen LogP contribution is 2.30. The first-order valence-electron chi connectivity index (χ1n) is 8.30. The van der Waals surface area contributed by atoms with E-state index in [0.717, 1.165) is 5.75 Å². The van der Waals surface area contributed by atoms with Gasteiger partial charge >= 0.3 is 0 Å². The largest absolute Gasteiger partial charge is 0.489 e. The van der Waals surface area contributed by atoms with Crippen LogP contribution in [0.2, 0.25) is 0 Å². The normalized spacial score (nSPS) is 16.0. The molecule has 3 rings (SSSR count). The van der Waals surface area contributed by atoms with Crippen LogP contribution in [0, 0.1) is 8.99 Å². The molecule has 1 aliphatic rings. The Kier molecular flexibility index (Phi) is 7.17. The summed E-state index contributed by atoms with van der Waals surface area (Å²) in [4.78, 5) is 21.7. The maximum absolute atomic E-state index is 10.9. The Balaban J connectivity index is 0.000000196. The zero-order valence-electron chi connectivity index (χ0n) is 14.6.